The molecular formula is C20H18FN3O2. The maximum Gasteiger partial charge on any atom is 0.283 e. The van der Waals surface area contributed by atoms with Gasteiger partial charge in [0.05, 0.1) is 5.69 Å². The van der Waals surface area contributed by atoms with Crippen LogP contribution in [0.2, 0.25) is 0 Å². The maximum absolute atomic E-state index is 13.1. The largest absolute Gasteiger partial charge is 0.304 e. The summed E-state index contributed by atoms with van der Waals surface area (Å²) in [5, 5.41) is 4.19. The molecule has 0 aliphatic carbocycles. The van der Waals surface area contributed by atoms with Gasteiger partial charge < -0.3 is 4.90 Å². The molecule has 26 heavy (non-hydrogen) atoms. The lowest BCUT2D eigenvalue weighted by Gasteiger charge is -2.26. The monoisotopic (exact) mass is 351 g/mol. The highest BCUT2D eigenvalue weighted by Crippen LogP contribution is 2.18. The highest BCUT2D eigenvalue weighted by atomic mass is 19.1. The van der Waals surface area contributed by atoms with E-state index in [-0.39, 0.29) is 17.6 Å². The molecule has 0 saturated heterocycles. The quantitative estimate of drug-likeness (QED) is 0.724. The molecule has 132 valence electrons. The molecule has 3 rings (SSSR count). The minimum atomic E-state index is -0.479. The molecule has 0 radical (unpaired) electrons. The average Bonchev–Trinajstić information content (AvgIpc) is 2.63. The Kier molecular flexibility index (Phi) is 4.93. The molecule has 1 aromatic heterocycles. The summed E-state index contributed by atoms with van der Waals surface area (Å²) in [7, 11) is 0. The Labute approximate surface area is 150 Å². The van der Waals surface area contributed by atoms with E-state index in [1.165, 1.54) is 46.1 Å². The molecule has 0 atom stereocenters. The van der Waals surface area contributed by atoms with E-state index < -0.39 is 11.3 Å². The molecule has 1 heterocycles. The van der Waals surface area contributed by atoms with E-state index in [0.717, 1.165) is 0 Å². The lowest BCUT2D eigenvalue weighted by Crippen LogP contribution is -2.40. The third-order valence-electron chi connectivity index (χ3n) is 3.87. The number of benzene rings is 2. The van der Waals surface area contributed by atoms with Crippen LogP contribution in [0.3, 0.4) is 0 Å². The van der Waals surface area contributed by atoms with Crippen LogP contribution in [0.25, 0.3) is 5.69 Å². The van der Waals surface area contributed by atoms with Crippen LogP contribution in [0.15, 0.2) is 71.7 Å². The summed E-state index contributed by atoms with van der Waals surface area (Å²) >= 11 is 0. The Balaban J connectivity index is 2.04. The number of carbonyl (C=O) groups is 1. The second-order valence-electron chi connectivity index (χ2n) is 6.05. The van der Waals surface area contributed by atoms with Crippen molar-refractivity contribution in [3.63, 3.8) is 0 Å². The summed E-state index contributed by atoms with van der Waals surface area (Å²) < 4.78 is 14.5. The zero-order valence-electron chi connectivity index (χ0n) is 14.5. The fourth-order valence-electron chi connectivity index (χ4n) is 2.65. The van der Waals surface area contributed by atoms with Crippen molar-refractivity contribution in [1.82, 2.24) is 9.78 Å². The summed E-state index contributed by atoms with van der Waals surface area (Å²) in [5.74, 6) is -0.853. The predicted octanol–water partition coefficient (Wildman–Crippen LogP) is 3.43. The van der Waals surface area contributed by atoms with Crippen LogP contribution in [0.1, 0.15) is 24.3 Å². The molecule has 0 aliphatic heterocycles. The molecule has 0 bridgehead atoms. The summed E-state index contributed by atoms with van der Waals surface area (Å²) in [4.78, 5) is 26.8. The number of aromatic nitrogens is 2. The fraction of sp³-hybridized carbons (Fsp3) is 0.150. The normalized spacial score (nSPS) is 10.8. The molecule has 6 heteroatoms. The van der Waals surface area contributed by atoms with Gasteiger partial charge in [-0.05, 0) is 50.2 Å². The number of anilines is 1. The topological polar surface area (TPSA) is 55.2 Å². The third kappa shape index (κ3) is 3.54. The highest BCUT2D eigenvalue weighted by molar-refractivity contribution is 6.04. The minimum absolute atomic E-state index is 0.162. The Morgan fingerprint density at radius 1 is 1.04 bits per heavy atom. The van der Waals surface area contributed by atoms with Gasteiger partial charge in [-0.3, -0.25) is 9.59 Å². The first-order valence-electron chi connectivity index (χ1n) is 8.22. The van der Waals surface area contributed by atoms with Gasteiger partial charge in [0.15, 0.2) is 5.69 Å². The smallest absolute Gasteiger partial charge is 0.283 e. The molecule has 1 amide bonds. The van der Waals surface area contributed by atoms with E-state index in [2.05, 4.69) is 5.10 Å². The van der Waals surface area contributed by atoms with E-state index in [4.69, 9.17) is 0 Å². The van der Waals surface area contributed by atoms with E-state index in [1.54, 1.807) is 12.1 Å². The van der Waals surface area contributed by atoms with Gasteiger partial charge in [-0.1, -0.05) is 18.2 Å². The van der Waals surface area contributed by atoms with Gasteiger partial charge in [0.2, 0.25) is 5.43 Å². The van der Waals surface area contributed by atoms with Crippen molar-refractivity contribution in [2.45, 2.75) is 19.9 Å². The molecule has 5 nitrogen and oxygen atoms in total. The molecule has 0 saturated carbocycles. The summed E-state index contributed by atoms with van der Waals surface area (Å²) in [6.07, 6.45) is 1.45. The zero-order chi connectivity index (χ0) is 18.7. The molecule has 0 N–H and O–H groups in total. The summed E-state index contributed by atoms with van der Waals surface area (Å²) in [5.41, 5.74) is 0.589. The summed E-state index contributed by atoms with van der Waals surface area (Å²) in [6.45, 7) is 3.73. The zero-order valence-corrected chi connectivity index (χ0v) is 14.5. The van der Waals surface area contributed by atoms with Crippen LogP contribution >= 0.6 is 0 Å². The van der Waals surface area contributed by atoms with Gasteiger partial charge >= 0.3 is 0 Å². The molecule has 0 unspecified atom stereocenters. The van der Waals surface area contributed by atoms with Gasteiger partial charge in [0, 0.05) is 24.0 Å². The van der Waals surface area contributed by atoms with Gasteiger partial charge in [-0.25, -0.2) is 9.07 Å². The first kappa shape index (κ1) is 17.5. The number of carbonyl (C=O) groups excluding carboxylic acids is 1. The van der Waals surface area contributed by atoms with E-state index >= 15 is 0 Å². The molecule has 3 aromatic rings. The number of hydrogen-bond donors (Lipinski definition) is 0. The number of hydrogen-bond acceptors (Lipinski definition) is 3. The first-order chi connectivity index (χ1) is 12.5. The Hall–Kier alpha value is -3.28. The Morgan fingerprint density at radius 2 is 1.69 bits per heavy atom. The van der Waals surface area contributed by atoms with Crippen molar-refractivity contribution < 1.29 is 9.18 Å². The second kappa shape index (κ2) is 7.31. The number of halogens is 1. The van der Waals surface area contributed by atoms with Crippen molar-refractivity contribution in [2.24, 2.45) is 0 Å². The molecule has 0 aliphatic rings. The molecular weight excluding hydrogens is 333 g/mol. The Bertz CT molecular complexity index is 966. The average molecular weight is 351 g/mol. The minimum Gasteiger partial charge on any atom is -0.304 e. The van der Waals surface area contributed by atoms with Crippen molar-refractivity contribution >= 4 is 11.6 Å². The van der Waals surface area contributed by atoms with Crippen LogP contribution in [0, 0.1) is 5.82 Å². The molecule has 0 fully saturated rings. The lowest BCUT2D eigenvalue weighted by molar-refractivity contribution is 0.0972. The van der Waals surface area contributed by atoms with Crippen LogP contribution in [-0.2, 0) is 0 Å². The fourth-order valence-corrected chi connectivity index (χ4v) is 2.65. The van der Waals surface area contributed by atoms with E-state index in [0.29, 0.717) is 11.4 Å². The summed E-state index contributed by atoms with van der Waals surface area (Å²) in [6, 6.07) is 15.9. The first-order valence-corrected chi connectivity index (χ1v) is 8.22. The third-order valence-corrected chi connectivity index (χ3v) is 3.87. The van der Waals surface area contributed by atoms with Gasteiger partial charge in [0.25, 0.3) is 5.91 Å². The maximum atomic E-state index is 13.1. The van der Waals surface area contributed by atoms with Crippen LogP contribution in [0.4, 0.5) is 10.1 Å². The highest BCUT2D eigenvalue weighted by Gasteiger charge is 2.24. The SMILES string of the molecule is CC(C)N(C(=O)c1nn(-c2ccc(F)cc2)ccc1=O)c1ccccc1. The predicted molar refractivity (Wildman–Crippen MR) is 98.2 cm³/mol. The van der Waals surface area contributed by atoms with Crippen molar-refractivity contribution in [1.29, 1.82) is 0 Å². The number of para-hydroxylation sites is 1. The van der Waals surface area contributed by atoms with Crippen LogP contribution < -0.4 is 10.3 Å². The van der Waals surface area contributed by atoms with Crippen molar-refractivity contribution in [3.05, 3.63) is 88.6 Å². The van der Waals surface area contributed by atoms with Gasteiger partial charge in [-0.2, -0.15) is 5.10 Å². The number of amides is 1. The Morgan fingerprint density at radius 3 is 2.31 bits per heavy atom. The van der Waals surface area contributed by atoms with Crippen LogP contribution in [-0.4, -0.2) is 21.7 Å². The standard InChI is InChI=1S/C20H18FN3O2/c1-14(2)24(17-6-4-3-5-7-17)20(26)19-18(25)12-13-23(22-19)16-10-8-15(21)9-11-16/h3-14H,1-2H3. The van der Waals surface area contributed by atoms with E-state index in [1.807, 2.05) is 32.0 Å². The molecule has 2 aromatic carbocycles. The second-order valence-corrected chi connectivity index (χ2v) is 6.05. The lowest BCUT2D eigenvalue weighted by atomic mass is 10.2. The molecule has 0 spiro atoms. The number of nitrogens with zero attached hydrogens (tertiary/aromatic N) is 3. The van der Waals surface area contributed by atoms with Crippen LogP contribution in [0.5, 0.6) is 0 Å². The van der Waals surface area contributed by atoms with E-state index in [9.17, 15) is 14.0 Å². The van der Waals surface area contributed by atoms with Gasteiger partial charge in [0.1, 0.15) is 5.82 Å². The van der Waals surface area contributed by atoms with Gasteiger partial charge in [-0.15, -0.1) is 0 Å². The van der Waals surface area contributed by atoms with Crippen molar-refractivity contribution in [3.8, 4) is 5.69 Å². The van der Waals surface area contributed by atoms with Crippen molar-refractivity contribution in [2.75, 3.05) is 4.90 Å². The number of rotatable bonds is 4.